The SMILES string of the molecule is CC(=O)c1cnccc1CC1Cc2cc3c(cc2C1=O)OCO3. The summed E-state index contributed by atoms with van der Waals surface area (Å²) in [6, 6.07) is 5.49. The van der Waals surface area contributed by atoms with Gasteiger partial charge in [-0.2, -0.15) is 0 Å². The molecule has 2 aliphatic rings. The van der Waals surface area contributed by atoms with E-state index in [0.29, 0.717) is 35.5 Å². The van der Waals surface area contributed by atoms with Crippen molar-refractivity contribution in [2.45, 2.75) is 19.8 Å². The maximum atomic E-state index is 12.7. The number of hydrogen-bond acceptors (Lipinski definition) is 5. The Labute approximate surface area is 133 Å². The number of benzene rings is 1. The minimum absolute atomic E-state index is 0.0307. The smallest absolute Gasteiger partial charge is 0.231 e. The number of ether oxygens (including phenoxy) is 2. The Hall–Kier alpha value is -2.69. The summed E-state index contributed by atoms with van der Waals surface area (Å²) < 4.78 is 10.7. The zero-order chi connectivity index (χ0) is 16.0. The molecule has 0 fully saturated rings. The Morgan fingerprint density at radius 3 is 2.87 bits per heavy atom. The van der Waals surface area contributed by atoms with Crippen LogP contribution >= 0.6 is 0 Å². The summed E-state index contributed by atoms with van der Waals surface area (Å²) in [6.45, 7) is 1.72. The summed E-state index contributed by atoms with van der Waals surface area (Å²) in [4.78, 5) is 28.4. The van der Waals surface area contributed by atoms with Gasteiger partial charge in [-0.3, -0.25) is 14.6 Å². The monoisotopic (exact) mass is 309 g/mol. The van der Waals surface area contributed by atoms with Gasteiger partial charge in [0.1, 0.15) is 0 Å². The second-order valence-electron chi connectivity index (χ2n) is 5.92. The first-order valence-corrected chi connectivity index (χ1v) is 7.54. The molecular weight excluding hydrogens is 294 g/mol. The Bertz CT molecular complexity index is 828. The van der Waals surface area contributed by atoms with Gasteiger partial charge in [-0.05, 0) is 49.1 Å². The molecular formula is C18H15NO4. The Balaban J connectivity index is 1.63. The molecule has 0 amide bonds. The number of carbonyl (C=O) groups is 2. The van der Waals surface area contributed by atoms with Crippen molar-refractivity contribution in [3.05, 3.63) is 52.8 Å². The summed E-state index contributed by atoms with van der Waals surface area (Å²) in [7, 11) is 0. The molecule has 0 bridgehead atoms. The third-order valence-corrected chi connectivity index (χ3v) is 4.46. The lowest BCUT2D eigenvalue weighted by Gasteiger charge is -2.10. The predicted molar refractivity (Wildman–Crippen MR) is 82.0 cm³/mol. The normalized spacial score (nSPS) is 18.1. The van der Waals surface area contributed by atoms with Gasteiger partial charge >= 0.3 is 0 Å². The van der Waals surface area contributed by atoms with Gasteiger partial charge in [0, 0.05) is 29.4 Å². The quantitative estimate of drug-likeness (QED) is 0.815. The molecule has 1 aromatic carbocycles. The molecule has 1 aliphatic heterocycles. The van der Waals surface area contributed by atoms with Crippen LogP contribution in [0.15, 0.2) is 30.6 Å². The number of carbonyl (C=O) groups excluding carboxylic acids is 2. The van der Waals surface area contributed by atoms with Crippen LogP contribution in [0.4, 0.5) is 0 Å². The Morgan fingerprint density at radius 2 is 2.09 bits per heavy atom. The number of ketones is 2. The molecule has 0 radical (unpaired) electrons. The lowest BCUT2D eigenvalue weighted by atomic mass is 9.93. The van der Waals surface area contributed by atoms with Gasteiger partial charge in [0.15, 0.2) is 23.1 Å². The zero-order valence-corrected chi connectivity index (χ0v) is 12.7. The molecule has 0 spiro atoms. The summed E-state index contributed by atoms with van der Waals surface area (Å²) in [6.07, 6.45) is 4.42. The standard InChI is InChI=1S/C18H15NO4/c1-10(20)15-8-19-3-2-11(15)4-13-5-12-6-16-17(23-9-22-16)7-14(12)18(13)21/h2-3,6-8,13H,4-5,9H2,1H3. The van der Waals surface area contributed by atoms with Crippen molar-refractivity contribution in [2.24, 2.45) is 5.92 Å². The number of rotatable bonds is 3. The van der Waals surface area contributed by atoms with Crippen LogP contribution in [0.5, 0.6) is 11.5 Å². The largest absolute Gasteiger partial charge is 0.454 e. The molecule has 116 valence electrons. The van der Waals surface area contributed by atoms with Crippen molar-refractivity contribution in [1.82, 2.24) is 4.98 Å². The second kappa shape index (κ2) is 5.19. The van der Waals surface area contributed by atoms with Crippen molar-refractivity contribution in [3.63, 3.8) is 0 Å². The van der Waals surface area contributed by atoms with Gasteiger partial charge in [-0.1, -0.05) is 0 Å². The summed E-state index contributed by atoms with van der Waals surface area (Å²) >= 11 is 0. The summed E-state index contributed by atoms with van der Waals surface area (Å²) in [5.41, 5.74) is 3.16. The number of pyridine rings is 1. The third-order valence-electron chi connectivity index (χ3n) is 4.46. The van der Waals surface area contributed by atoms with E-state index < -0.39 is 0 Å². The van der Waals surface area contributed by atoms with Gasteiger partial charge in [0.25, 0.3) is 0 Å². The van der Waals surface area contributed by atoms with Crippen molar-refractivity contribution in [1.29, 1.82) is 0 Å². The van der Waals surface area contributed by atoms with E-state index in [0.717, 1.165) is 11.1 Å². The van der Waals surface area contributed by atoms with Crippen LogP contribution in [0.25, 0.3) is 0 Å². The Morgan fingerprint density at radius 1 is 1.30 bits per heavy atom. The molecule has 5 heteroatoms. The van der Waals surface area contributed by atoms with E-state index in [1.165, 1.54) is 6.92 Å². The lowest BCUT2D eigenvalue weighted by Crippen LogP contribution is -2.14. The highest BCUT2D eigenvalue weighted by Crippen LogP contribution is 2.40. The van der Waals surface area contributed by atoms with Gasteiger partial charge < -0.3 is 9.47 Å². The lowest BCUT2D eigenvalue weighted by molar-refractivity contribution is 0.0932. The van der Waals surface area contributed by atoms with Crippen LogP contribution in [0.2, 0.25) is 0 Å². The first kappa shape index (κ1) is 13.9. The number of fused-ring (bicyclic) bond motifs is 2. The molecule has 2 aromatic rings. The highest BCUT2D eigenvalue weighted by atomic mass is 16.7. The molecule has 1 unspecified atom stereocenters. The second-order valence-corrected chi connectivity index (χ2v) is 5.92. The molecule has 0 saturated heterocycles. The summed E-state index contributed by atoms with van der Waals surface area (Å²) in [5.74, 6) is 1.24. The van der Waals surface area contributed by atoms with E-state index in [-0.39, 0.29) is 24.3 Å². The molecule has 4 rings (SSSR count). The van der Waals surface area contributed by atoms with Gasteiger partial charge in [0.05, 0.1) is 0 Å². The van der Waals surface area contributed by atoms with Crippen molar-refractivity contribution < 1.29 is 19.1 Å². The van der Waals surface area contributed by atoms with Crippen LogP contribution in [0.3, 0.4) is 0 Å². The van der Waals surface area contributed by atoms with Gasteiger partial charge in [-0.25, -0.2) is 0 Å². The van der Waals surface area contributed by atoms with E-state index in [9.17, 15) is 9.59 Å². The molecule has 1 aromatic heterocycles. The van der Waals surface area contributed by atoms with Crippen molar-refractivity contribution in [2.75, 3.05) is 6.79 Å². The first-order valence-electron chi connectivity index (χ1n) is 7.54. The zero-order valence-electron chi connectivity index (χ0n) is 12.7. The van der Waals surface area contributed by atoms with E-state index in [2.05, 4.69) is 4.98 Å². The van der Waals surface area contributed by atoms with Crippen LogP contribution < -0.4 is 9.47 Å². The predicted octanol–water partition coefficient (Wildman–Crippen LogP) is 2.61. The third kappa shape index (κ3) is 2.29. The van der Waals surface area contributed by atoms with E-state index >= 15 is 0 Å². The molecule has 1 aliphatic carbocycles. The molecule has 5 nitrogen and oxygen atoms in total. The van der Waals surface area contributed by atoms with Crippen molar-refractivity contribution >= 4 is 11.6 Å². The van der Waals surface area contributed by atoms with Crippen LogP contribution in [-0.4, -0.2) is 23.3 Å². The maximum absolute atomic E-state index is 12.7. The maximum Gasteiger partial charge on any atom is 0.231 e. The van der Waals surface area contributed by atoms with E-state index in [4.69, 9.17) is 9.47 Å². The minimum Gasteiger partial charge on any atom is -0.454 e. The van der Waals surface area contributed by atoms with Gasteiger partial charge in [0.2, 0.25) is 6.79 Å². The topological polar surface area (TPSA) is 65.5 Å². The fourth-order valence-electron chi connectivity index (χ4n) is 3.31. The first-order chi connectivity index (χ1) is 11.1. The number of aromatic nitrogens is 1. The summed E-state index contributed by atoms with van der Waals surface area (Å²) in [5, 5.41) is 0. The van der Waals surface area contributed by atoms with E-state index in [1.807, 2.05) is 12.1 Å². The number of Topliss-reactive ketones (excluding diaryl/α,β-unsaturated/α-hetero) is 2. The van der Waals surface area contributed by atoms with Crippen LogP contribution in [0, 0.1) is 5.92 Å². The molecule has 2 heterocycles. The molecule has 1 atom stereocenters. The number of nitrogens with zero attached hydrogens (tertiary/aromatic N) is 1. The average Bonchev–Trinajstić information content (AvgIpc) is 3.11. The van der Waals surface area contributed by atoms with Gasteiger partial charge in [-0.15, -0.1) is 0 Å². The molecule has 0 saturated carbocycles. The molecule has 0 N–H and O–H groups in total. The van der Waals surface area contributed by atoms with E-state index in [1.54, 1.807) is 18.5 Å². The average molecular weight is 309 g/mol. The fourth-order valence-corrected chi connectivity index (χ4v) is 3.31. The van der Waals surface area contributed by atoms with Crippen LogP contribution in [-0.2, 0) is 12.8 Å². The Kier molecular flexibility index (Phi) is 3.15. The van der Waals surface area contributed by atoms with Crippen LogP contribution in [0.1, 0.15) is 38.8 Å². The van der Waals surface area contributed by atoms with Crippen molar-refractivity contribution in [3.8, 4) is 11.5 Å². The minimum atomic E-state index is -0.159. The highest BCUT2D eigenvalue weighted by molar-refractivity contribution is 6.03. The number of hydrogen-bond donors (Lipinski definition) is 0. The fraction of sp³-hybridized carbons (Fsp3) is 0.278. The highest BCUT2D eigenvalue weighted by Gasteiger charge is 2.33. The molecule has 23 heavy (non-hydrogen) atoms.